The minimum absolute atomic E-state index is 1.02. The fraction of sp³-hybridized carbons (Fsp3) is 0.250. The molecule has 0 bridgehead atoms. The predicted molar refractivity (Wildman–Crippen MR) is 72.0 cm³/mol. The van der Waals surface area contributed by atoms with E-state index in [0.717, 1.165) is 19.5 Å². The molecule has 1 heterocycles. The largest absolute Gasteiger partial charge is 0.312 e. The molecule has 0 aromatic heterocycles. The van der Waals surface area contributed by atoms with Crippen LogP contribution in [0.3, 0.4) is 0 Å². The van der Waals surface area contributed by atoms with Gasteiger partial charge in [0.2, 0.25) is 0 Å². The highest BCUT2D eigenvalue weighted by Gasteiger charge is 2.09. The molecule has 0 unspecified atom stereocenters. The number of nitrogens with one attached hydrogen (secondary N) is 1. The van der Waals surface area contributed by atoms with Crippen LogP contribution in [-0.2, 0) is 13.0 Å². The molecule has 2 aromatic carbocycles. The Morgan fingerprint density at radius 1 is 0.941 bits per heavy atom. The third-order valence-corrected chi connectivity index (χ3v) is 3.44. The van der Waals surface area contributed by atoms with Crippen LogP contribution in [0.1, 0.15) is 16.7 Å². The van der Waals surface area contributed by atoms with Crippen molar-refractivity contribution in [1.82, 2.24) is 5.32 Å². The molecule has 1 aliphatic heterocycles. The first-order chi connectivity index (χ1) is 8.33. The first-order valence-corrected chi connectivity index (χ1v) is 6.22. The topological polar surface area (TPSA) is 12.0 Å². The van der Waals surface area contributed by atoms with Gasteiger partial charge in [-0.1, -0.05) is 48.0 Å². The van der Waals surface area contributed by atoms with Gasteiger partial charge in [0.05, 0.1) is 0 Å². The normalized spacial score (nSPS) is 14.4. The van der Waals surface area contributed by atoms with Crippen LogP contribution in [0.25, 0.3) is 11.1 Å². The lowest BCUT2D eigenvalue weighted by molar-refractivity contribution is 0.644. The Morgan fingerprint density at radius 2 is 1.82 bits per heavy atom. The molecule has 1 nitrogen and oxygen atoms in total. The monoisotopic (exact) mass is 223 g/mol. The van der Waals surface area contributed by atoms with Crippen LogP contribution in [0, 0.1) is 6.92 Å². The van der Waals surface area contributed by atoms with Crippen molar-refractivity contribution in [2.24, 2.45) is 0 Å². The van der Waals surface area contributed by atoms with Crippen LogP contribution < -0.4 is 5.32 Å². The molecule has 0 atom stereocenters. The molecule has 17 heavy (non-hydrogen) atoms. The summed E-state index contributed by atoms with van der Waals surface area (Å²) in [6.45, 7) is 4.26. The number of rotatable bonds is 1. The van der Waals surface area contributed by atoms with E-state index in [1.807, 2.05) is 0 Å². The maximum absolute atomic E-state index is 3.41. The molecule has 1 heteroatoms. The third kappa shape index (κ3) is 2.11. The third-order valence-electron chi connectivity index (χ3n) is 3.44. The maximum Gasteiger partial charge on any atom is 0.0208 e. The Morgan fingerprint density at radius 3 is 2.71 bits per heavy atom. The molecule has 0 amide bonds. The molecule has 3 rings (SSSR count). The Hall–Kier alpha value is -1.60. The Balaban J connectivity index is 2.04. The number of benzene rings is 2. The fourth-order valence-electron chi connectivity index (χ4n) is 2.48. The van der Waals surface area contributed by atoms with E-state index in [-0.39, 0.29) is 0 Å². The quantitative estimate of drug-likeness (QED) is 0.782. The number of hydrogen-bond donors (Lipinski definition) is 1. The van der Waals surface area contributed by atoms with E-state index in [1.165, 1.54) is 27.8 Å². The second-order valence-electron chi connectivity index (χ2n) is 4.78. The summed E-state index contributed by atoms with van der Waals surface area (Å²) in [4.78, 5) is 0. The summed E-state index contributed by atoms with van der Waals surface area (Å²) in [5, 5.41) is 3.41. The molecule has 0 spiro atoms. The molecule has 2 aromatic rings. The van der Waals surface area contributed by atoms with Crippen molar-refractivity contribution in [2.75, 3.05) is 6.54 Å². The van der Waals surface area contributed by atoms with Gasteiger partial charge in [0, 0.05) is 6.54 Å². The fourth-order valence-corrected chi connectivity index (χ4v) is 2.48. The zero-order valence-electron chi connectivity index (χ0n) is 10.2. The second kappa shape index (κ2) is 4.34. The molecule has 1 aliphatic rings. The second-order valence-corrected chi connectivity index (χ2v) is 4.78. The van der Waals surface area contributed by atoms with Crippen molar-refractivity contribution in [2.45, 2.75) is 19.9 Å². The van der Waals surface area contributed by atoms with Crippen molar-refractivity contribution in [3.05, 3.63) is 59.2 Å². The van der Waals surface area contributed by atoms with Crippen LogP contribution in [0.5, 0.6) is 0 Å². The Bertz CT molecular complexity index is 543. The molecule has 0 fully saturated rings. The summed E-state index contributed by atoms with van der Waals surface area (Å²) in [7, 11) is 0. The van der Waals surface area contributed by atoms with Gasteiger partial charge >= 0.3 is 0 Å². The van der Waals surface area contributed by atoms with E-state index in [0.29, 0.717) is 0 Å². The van der Waals surface area contributed by atoms with Gasteiger partial charge in [-0.2, -0.15) is 0 Å². The van der Waals surface area contributed by atoms with E-state index >= 15 is 0 Å². The van der Waals surface area contributed by atoms with Crippen molar-refractivity contribution < 1.29 is 0 Å². The summed E-state index contributed by atoms with van der Waals surface area (Å²) in [6.07, 6.45) is 1.15. The molecule has 1 N–H and O–H groups in total. The van der Waals surface area contributed by atoms with Gasteiger partial charge < -0.3 is 5.32 Å². The molecule has 0 aliphatic carbocycles. The van der Waals surface area contributed by atoms with Gasteiger partial charge in [0.15, 0.2) is 0 Å². The predicted octanol–water partition coefficient (Wildman–Crippen LogP) is 3.31. The number of aryl methyl sites for hydroxylation is 1. The molecule has 0 radical (unpaired) electrons. The van der Waals surface area contributed by atoms with Crippen molar-refractivity contribution in [1.29, 1.82) is 0 Å². The van der Waals surface area contributed by atoms with Gasteiger partial charge in [-0.15, -0.1) is 0 Å². The molecule has 0 saturated heterocycles. The van der Waals surface area contributed by atoms with Gasteiger partial charge in [-0.3, -0.25) is 0 Å². The first-order valence-electron chi connectivity index (χ1n) is 6.22. The van der Waals surface area contributed by atoms with Gasteiger partial charge in [-0.05, 0) is 42.1 Å². The number of hydrogen-bond acceptors (Lipinski definition) is 1. The highest BCUT2D eigenvalue weighted by molar-refractivity contribution is 5.65. The Labute approximate surface area is 102 Å². The van der Waals surface area contributed by atoms with Gasteiger partial charge in [-0.25, -0.2) is 0 Å². The molecule has 86 valence electrons. The van der Waals surface area contributed by atoms with Crippen LogP contribution in [-0.4, -0.2) is 6.54 Å². The van der Waals surface area contributed by atoms with E-state index in [4.69, 9.17) is 0 Å². The molecule has 0 saturated carbocycles. The minimum Gasteiger partial charge on any atom is -0.312 e. The maximum atomic E-state index is 3.41. The summed E-state index contributed by atoms with van der Waals surface area (Å²) in [5.41, 5.74) is 6.94. The minimum atomic E-state index is 1.02. The van der Waals surface area contributed by atoms with Gasteiger partial charge in [0.1, 0.15) is 0 Å². The highest BCUT2D eigenvalue weighted by Crippen LogP contribution is 2.24. The average molecular weight is 223 g/mol. The van der Waals surface area contributed by atoms with Crippen LogP contribution in [0.15, 0.2) is 42.5 Å². The van der Waals surface area contributed by atoms with Crippen molar-refractivity contribution in [3.8, 4) is 11.1 Å². The SMILES string of the molecule is Cc1cccc(-c2ccc3c(c2)CCNC3)c1. The Kier molecular flexibility index (Phi) is 2.69. The van der Waals surface area contributed by atoms with Gasteiger partial charge in [0.25, 0.3) is 0 Å². The zero-order valence-corrected chi connectivity index (χ0v) is 10.2. The summed E-state index contributed by atoms with van der Waals surface area (Å²) in [5.74, 6) is 0. The molecular formula is C16H17N. The molecular weight excluding hydrogens is 206 g/mol. The average Bonchev–Trinajstić information content (AvgIpc) is 2.38. The lowest BCUT2D eigenvalue weighted by Gasteiger charge is -2.18. The van der Waals surface area contributed by atoms with Crippen LogP contribution >= 0.6 is 0 Å². The lowest BCUT2D eigenvalue weighted by Crippen LogP contribution is -2.23. The highest BCUT2D eigenvalue weighted by atomic mass is 14.9. The van der Waals surface area contributed by atoms with E-state index in [9.17, 15) is 0 Å². The number of fused-ring (bicyclic) bond motifs is 1. The first kappa shape index (κ1) is 10.5. The van der Waals surface area contributed by atoms with Crippen molar-refractivity contribution in [3.63, 3.8) is 0 Å². The smallest absolute Gasteiger partial charge is 0.0208 e. The van der Waals surface area contributed by atoms with Crippen LogP contribution in [0.4, 0.5) is 0 Å². The summed E-state index contributed by atoms with van der Waals surface area (Å²) in [6, 6.07) is 15.6. The standard InChI is InChI=1S/C16H17N/c1-12-3-2-4-13(9-12)14-5-6-16-11-17-8-7-15(16)10-14/h2-6,9-10,17H,7-8,11H2,1H3. The van der Waals surface area contributed by atoms with Crippen molar-refractivity contribution >= 4 is 0 Å². The van der Waals surface area contributed by atoms with Crippen LogP contribution in [0.2, 0.25) is 0 Å². The lowest BCUT2D eigenvalue weighted by atomic mass is 9.95. The van der Waals surface area contributed by atoms with E-state index in [1.54, 1.807) is 0 Å². The zero-order chi connectivity index (χ0) is 11.7. The van der Waals surface area contributed by atoms with E-state index in [2.05, 4.69) is 54.7 Å². The van der Waals surface area contributed by atoms with E-state index < -0.39 is 0 Å². The summed E-state index contributed by atoms with van der Waals surface area (Å²) < 4.78 is 0. The summed E-state index contributed by atoms with van der Waals surface area (Å²) >= 11 is 0.